The Bertz CT molecular complexity index is 200. The molecule has 1 aliphatic heterocycles. The van der Waals surface area contributed by atoms with Crippen molar-refractivity contribution in [2.45, 2.75) is 52.1 Å². The number of hydrogen-bond acceptors (Lipinski definition) is 3. The second-order valence-corrected chi connectivity index (χ2v) is 6.11. The molecule has 3 nitrogen and oxygen atoms in total. The molecule has 1 aliphatic rings. The van der Waals surface area contributed by atoms with Gasteiger partial charge in [-0.1, -0.05) is 13.8 Å². The van der Waals surface area contributed by atoms with Crippen LogP contribution in [0.15, 0.2) is 0 Å². The van der Waals surface area contributed by atoms with Crippen LogP contribution in [-0.4, -0.2) is 48.8 Å². The van der Waals surface area contributed by atoms with Gasteiger partial charge in [0.25, 0.3) is 0 Å². The molecule has 2 unspecified atom stereocenters. The van der Waals surface area contributed by atoms with Crippen LogP contribution in [0.1, 0.15) is 40.0 Å². The number of aliphatic hydroxyl groups excluding tert-OH is 1. The van der Waals surface area contributed by atoms with E-state index >= 15 is 0 Å². The molecular formula is C14H30N2O. The van der Waals surface area contributed by atoms with Crippen molar-refractivity contribution >= 4 is 0 Å². The van der Waals surface area contributed by atoms with Gasteiger partial charge < -0.3 is 15.3 Å². The van der Waals surface area contributed by atoms with Crippen molar-refractivity contribution in [1.29, 1.82) is 0 Å². The molecule has 1 saturated heterocycles. The second-order valence-electron chi connectivity index (χ2n) is 6.11. The molecule has 2 N–H and O–H groups in total. The Labute approximate surface area is 107 Å². The molecule has 0 aliphatic carbocycles. The first-order chi connectivity index (χ1) is 8.02. The first kappa shape index (κ1) is 14.9. The van der Waals surface area contributed by atoms with Crippen molar-refractivity contribution in [3.63, 3.8) is 0 Å². The maximum atomic E-state index is 9.39. The molecule has 3 heteroatoms. The van der Waals surface area contributed by atoms with Gasteiger partial charge in [-0.05, 0) is 58.2 Å². The standard InChI is InChI=1S/C14H30N2O/c1-11(2)9-14(10-17)15-12(3)13-5-7-16(4)8-6-13/h11-15,17H,5-10H2,1-4H3. The van der Waals surface area contributed by atoms with E-state index in [0.29, 0.717) is 12.0 Å². The van der Waals surface area contributed by atoms with E-state index in [4.69, 9.17) is 0 Å². The molecule has 0 spiro atoms. The lowest BCUT2D eigenvalue weighted by Crippen LogP contribution is -2.46. The van der Waals surface area contributed by atoms with Gasteiger partial charge in [0, 0.05) is 12.1 Å². The number of nitrogens with one attached hydrogen (secondary N) is 1. The average Bonchev–Trinajstić information content (AvgIpc) is 2.28. The molecule has 0 saturated carbocycles. The van der Waals surface area contributed by atoms with Crippen molar-refractivity contribution < 1.29 is 5.11 Å². The van der Waals surface area contributed by atoms with Gasteiger partial charge in [-0.2, -0.15) is 0 Å². The Balaban J connectivity index is 2.33. The number of piperidine rings is 1. The van der Waals surface area contributed by atoms with Crippen LogP contribution in [0.2, 0.25) is 0 Å². The highest BCUT2D eigenvalue weighted by Gasteiger charge is 2.24. The summed E-state index contributed by atoms with van der Waals surface area (Å²) in [6.45, 7) is 9.39. The molecule has 1 heterocycles. The number of nitrogens with zero attached hydrogens (tertiary/aromatic N) is 1. The summed E-state index contributed by atoms with van der Waals surface area (Å²) in [7, 11) is 2.20. The first-order valence-electron chi connectivity index (χ1n) is 7.08. The maximum absolute atomic E-state index is 9.39. The van der Waals surface area contributed by atoms with Gasteiger partial charge in [-0.25, -0.2) is 0 Å². The molecule has 0 aromatic carbocycles. The fraction of sp³-hybridized carbons (Fsp3) is 1.00. The summed E-state index contributed by atoms with van der Waals surface area (Å²) in [6, 6.07) is 0.796. The predicted molar refractivity (Wildman–Crippen MR) is 73.1 cm³/mol. The van der Waals surface area contributed by atoms with E-state index in [1.165, 1.54) is 25.9 Å². The predicted octanol–water partition coefficient (Wildman–Crippen LogP) is 1.71. The van der Waals surface area contributed by atoms with Gasteiger partial charge in [0.05, 0.1) is 6.61 Å². The molecule has 1 fully saturated rings. The fourth-order valence-electron chi connectivity index (χ4n) is 2.80. The minimum absolute atomic E-state index is 0.259. The van der Waals surface area contributed by atoms with E-state index in [-0.39, 0.29) is 12.6 Å². The van der Waals surface area contributed by atoms with Crippen molar-refractivity contribution in [3.8, 4) is 0 Å². The van der Waals surface area contributed by atoms with Crippen LogP contribution in [0, 0.1) is 11.8 Å². The van der Waals surface area contributed by atoms with Gasteiger partial charge in [0.2, 0.25) is 0 Å². The summed E-state index contributed by atoms with van der Waals surface area (Å²) in [4.78, 5) is 2.40. The number of rotatable bonds is 6. The van der Waals surface area contributed by atoms with Gasteiger partial charge >= 0.3 is 0 Å². The van der Waals surface area contributed by atoms with Crippen LogP contribution in [-0.2, 0) is 0 Å². The van der Waals surface area contributed by atoms with E-state index in [2.05, 4.69) is 38.0 Å². The normalized spacial score (nSPS) is 22.9. The molecule has 0 aromatic heterocycles. The summed E-state index contributed by atoms with van der Waals surface area (Å²) in [5, 5.41) is 13.0. The number of aliphatic hydroxyl groups is 1. The molecule has 102 valence electrons. The van der Waals surface area contributed by atoms with Crippen LogP contribution >= 0.6 is 0 Å². The molecule has 0 amide bonds. The highest BCUT2D eigenvalue weighted by Crippen LogP contribution is 2.20. The minimum atomic E-state index is 0.259. The van der Waals surface area contributed by atoms with E-state index in [0.717, 1.165) is 12.3 Å². The van der Waals surface area contributed by atoms with Crippen molar-refractivity contribution in [2.24, 2.45) is 11.8 Å². The van der Waals surface area contributed by atoms with E-state index < -0.39 is 0 Å². The SMILES string of the molecule is CC(C)CC(CO)NC(C)C1CCN(C)CC1. The summed E-state index contributed by atoms with van der Waals surface area (Å²) in [5.41, 5.74) is 0. The Morgan fingerprint density at radius 1 is 1.24 bits per heavy atom. The zero-order valence-electron chi connectivity index (χ0n) is 11.9. The molecule has 0 radical (unpaired) electrons. The first-order valence-corrected chi connectivity index (χ1v) is 7.08. The minimum Gasteiger partial charge on any atom is -0.395 e. The zero-order chi connectivity index (χ0) is 12.8. The molecule has 2 atom stereocenters. The van der Waals surface area contributed by atoms with Crippen molar-refractivity contribution in [1.82, 2.24) is 10.2 Å². The number of hydrogen-bond donors (Lipinski definition) is 2. The van der Waals surface area contributed by atoms with Crippen LogP contribution in [0.5, 0.6) is 0 Å². The summed E-state index contributed by atoms with van der Waals surface area (Å²) in [5.74, 6) is 1.41. The van der Waals surface area contributed by atoms with Gasteiger partial charge in [-0.15, -0.1) is 0 Å². The largest absolute Gasteiger partial charge is 0.395 e. The summed E-state index contributed by atoms with van der Waals surface area (Å²) < 4.78 is 0. The lowest BCUT2D eigenvalue weighted by molar-refractivity contribution is 0.160. The zero-order valence-corrected chi connectivity index (χ0v) is 11.9. The Morgan fingerprint density at radius 3 is 2.29 bits per heavy atom. The highest BCUT2D eigenvalue weighted by atomic mass is 16.3. The van der Waals surface area contributed by atoms with Gasteiger partial charge in [0.15, 0.2) is 0 Å². The topological polar surface area (TPSA) is 35.5 Å². The third kappa shape index (κ3) is 5.36. The molecule has 17 heavy (non-hydrogen) atoms. The quantitative estimate of drug-likeness (QED) is 0.744. The number of likely N-dealkylation sites (tertiary alicyclic amines) is 1. The Morgan fingerprint density at radius 2 is 1.82 bits per heavy atom. The Kier molecular flexibility index (Phi) is 6.45. The monoisotopic (exact) mass is 242 g/mol. The van der Waals surface area contributed by atoms with E-state index in [9.17, 15) is 5.11 Å². The lowest BCUT2D eigenvalue weighted by atomic mass is 9.89. The third-order valence-corrected chi connectivity index (χ3v) is 3.95. The van der Waals surface area contributed by atoms with E-state index in [1.54, 1.807) is 0 Å². The fourth-order valence-corrected chi connectivity index (χ4v) is 2.80. The lowest BCUT2D eigenvalue weighted by Gasteiger charge is -2.35. The van der Waals surface area contributed by atoms with Crippen LogP contribution in [0.4, 0.5) is 0 Å². The van der Waals surface area contributed by atoms with E-state index in [1.807, 2.05) is 0 Å². The van der Waals surface area contributed by atoms with Crippen LogP contribution in [0.3, 0.4) is 0 Å². The van der Waals surface area contributed by atoms with Crippen LogP contribution < -0.4 is 5.32 Å². The van der Waals surface area contributed by atoms with Gasteiger partial charge in [0.1, 0.15) is 0 Å². The molecule has 0 aromatic rings. The van der Waals surface area contributed by atoms with Gasteiger partial charge in [-0.3, -0.25) is 0 Å². The second kappa shape index (κ2) is 7.34. The highest BCUT2D eigenvalue weighted by molar-refractivity contribution is 4.81. The van der Waals surface area contributed by atoms with Crippen molar-refractivity contribution in [3.05, 3.63) is 0 Å². The third-order valence-electron chi connectivity index (χ3n) is 3.95. The average molecular weight is 242 g/mol. The smallest absolute Gasteiger partial charge is 0.0584 e. The maximum Gasteiger partial charge on any atom is 0.0584 e. The van der Waals surface area contributed by atoms with Crippen molar-refractivity contribution in [2.75, 3.05) is 26.7 Å². The molecular weight excluding hydrogens is 212 g/mol. The summed E-state index contributed by atoms with van der Waals surface area (Å²) >= 11 is 0. The molecule has 0 bridgehead atoms. The Hall–Kier alpha value is -0.120. The molecule has 1 rings (SSSR count). The van der Waals surface area contributed by atoms with Crippen LogP contribution in [0.25, 0.3) is 0 Å². The summed E-state index contributed by atoms with van der Waals surface area (Å²) in [6.07, 6.45) is 3.63.